The molecule has 122 valence electrons. The van der Waals surface area contributed by atoms with Crippen LogP contribution in [0, 0.1) is 5.92 Å². The smallest absolute Gasteiger partial charge is 0.250 e. The molecule has 3 rings (SSSR count). The summed E-state index contributed by atoms with van der Waals surface area (Å²) in [7, 11) is 1.77. The van der Waals surface area contributed by atoms with Crippen LogP contribution in [-0.2, 0) is 13.6 Å². The van der Waals surface area contributed by atoms with Gasteiger partial charge in [0.2, 0.25) is 5.88 Å². The minimum absolute atomic E-state index is 0.0436. The molecule has 0 spiro atoms. The second kappa shape index (κ2) is 7.37. The number of hydrogen-bond acceptors (Lipinski definition) is 5. The number of likely N-dealkylation sites (tertiary alicyclic amines) is 1. The fraction of sp³-hybridized carbons (Fsp3) is 0.471. The molecule has 1 aliphatic heterocycles. The van der Waals surface area contributed by atoms with Crippen LogP contribution in [0.2, 0.25) is 0 Å². The highest BCUT2D eigenvalue weighted by molar-refractivity contribution is 5.11. The second-order valence-corrected chi connectivity index (χ2v) is 6.08. The molecule has 0 bridgehead atoms. The maximum Gasteiger partial charge on any atom is 0.250 e. The van der Waals surface area contributed by atoms with Crippen LogP contribution in [0.4, 0.5) is 0 Å². The lowest BCUT2D eigenvalue weighted by Gasteiger charge is -2.32. The minimum Gasteiger partial charge on any atom is -0.476 e. The molecule has 1 unspecified atom stereocenters. The van der Waals surface area contributed by atoms with E-state index in [1.807, 2.05) is 12.3 Å². The summed E-state index contributed by atoms with van der Waals surface area (Å²) in [6, 6.07) is 3.74. The number of rotatable bonds is 5. The second-order valence-electron chi connectivity index (χ2n) is 6.08. The topological polar surface area (TPSA) is 60.2 Å². The van der Waals surface area contributed by atoms with Crippen LogP contribution in [-0.4, -0.2) is 39.1 Å². The van der Waals surface area contributed by atoms with Gasteiger partial charge in [-0.15, -0.1) is 0 Å². The maximum absolute atomic E-state index is 11.7. The molecule has 2 aromatic heterocycles. The summed E-state index contributed by atoms with van der Waals surface area (Å²) in [6.07, 6.45) is 9.06. The normalized spacial score (nSPS) is 18.7. The Morgan fingerprint density at radius 1 is 1.39 bits per heavy atom. The van der Waals surface area contributed by atoms with Gasteiger partial charge in [-0.2, -0.15) is 0 Å². The predicted octanol–water partition coefficient (Wildman–Crippen LogP) is 1.47. The molecule has 0 amide bonds. The van der Waals surface area contributed by atoms with Gasteiger partial charge in [0.25, 0.3) is 5.56 Å². The number of hydrogen-bond donors (Lipinski definition) is 0. The van der Waals surface area contributed by atoms with Gasteiger partial charge >= 0.3 is 0 Å². The molecule has 1 atom stereocenters. The number of aromatic nitrogens is 3. The summed E-state index contributed by atoms with van der Waals surface area (Å²) in [5, 5.41) is 0. The molecule has 0 aromatic carbocycles. The summed E-state index contributed by atoms with van der Waals surface area (Å²) in [4.78, 5) is 22.2. The Kier molecular flexibility index (Phi) is 5.02. The van der Waals surface area contributed by atoms with E-state index in [1.54, 1.807) is 36.3 Å². The largest absolute Gasteiger partial charge is 0.476 e. The third kappa shape index (κ3) is 4.39. The highest BCUT2D eigenvalue weighted by Crippen LogP contribution is 2.19. The number of pyridine rings is 1. The van der Waals surface area contributed by atoms with Crippen molar-refractivity contribution in [2.24, 2.45) is 13.0 Å². The van der Waals surface area contributed by atoms with Crippen LogP contribution >= 0.6 is 0 Å². The van der Waals surface area contributed by atoms with Gasteiger partial charge in [0, 0.05) is 50.7 Å². The van der Waals surface area contributed by atoms with E-state index in [-0.39, 0.29) is 5.56 Å². The molecule has 6 nitrogen and oxygen atoms in total. The lowest BCUT2D eigenvalue weighted by molar-refractivity contribution is 0.123. The van der Waals surface area contributed by atoms with E-state index < -0.39 is 0 Å². The van der Waals surface area contributed by atoms with E-state index in [0.717, 1.165) is 38.0 Å². The van der Waals surface area contributed by atoms with Crippen LogP contribution in [0.3, 0.4) is 0 Å². The van der Waals surface area contributed by atoms with E-state index in [9.17, 15) is 4.79 Å². The van der Waals surface area contributed by atoms with Crippen molar-refractivity contribution in [1.29, 1.82) is 0 Å². The lowest BCUT2D eigenvalue weighted by Crippen LogP contribution is -2.37. The molecule has 0 saturated carbocycles. The van der Waals surface area contributed by atoms with E-state index in [4.69, 9.17) is 4.74 Å². The molecule has 6 heteroatoms. The molecular formula is C17H22N4O2. The Balaban J connectivity index is 1.53. The minimum atomic E-state index is 0.0436. The average Bonchev–Trinajstić information content (AvgIpc) is 2.58. The van der Waals surface area contributed by atoms with Crippen molar-refractivity contribution in [3.05, 3.63) is 52.8 Å². The van der Waals surface area contributed by atoms with Crippen molar-refractivity contribution in [1.82, 2.24) is 19.4 Å². The number of aryl methyl sites for hydroxylation is 1. The van der Waals surface area contributed by atoms with E-state index >= 15 is 0 Å². The number of nitrogens with zero attached hydrogens (tertiary/aromatic N) is 4. The van der Waals surface area contributed by atoms with Crippen LogP contribution in [0.15, 0.2) is 41.7 Å². The molecule has 3 heterocycles. The van der Waals surface area contributed by atoms with Crippen molar-refractivity contribution in [2.45, 2.75) is 19.4 Å². The Hall–Kier alpha value is -2.21. The standard InChI is InChI=1S/C17H22N4O2/c1-20-8-4-14(9-17(20)22)11-21-7-2-3-15(12-21)13-23-16-10-18-5-6-19-16/h4-6,8-10,15H,2-3,7,11-13H2,1H3. The highest BCUT2D eigenvalue weighted by Gasteiger charge is 2.20. The third-order valence-corrected chi connectivity index (χ3v) is 4.18. The SMILES string of the molecule is Cn1ccc(CN2CCCC(COc3cnccn3)C2)cc1=O. The molecule has 1 aliphatic rings. The van der Waals surface area contributed by atoms with Crippen LogP contribution in [0.1, 0.15) is 18.4 Å². The molecular weight excluding hydrogens is 292 g/mol. The van der Waals surface area contributed by atoms with Gasteiger partial charge < -0.3 is 9.30 Å². The lowest BCUT2D eigenvalue weighted by atomic mass is 9.98. The predicted molar refractivity (Wildman–Crippen MR) is 87.2 cm³/mol. The van der Waals surface area contributed by atoms with Gasteiger partial charge in [-0.3, -0.25) is 14.7 Å². The first-order valence-corrected chi connectivity index (χ1v) is 7.97. The Morgan fingerprint density at radius 3 is 3.09 bits per heavy atom. The number of piperidine rings is 1. The van der Waals surface area contributed by atoms with Crippen LogP contribution < -0.4 is 10.3 Å². The van der Waals surface area contributed by atoms with Gasteiger partial charge in [0.1, 0.15) is 0 Å². The highest BCUT2D eigenvalue weighted by atomic mass is 16.5. The Morgan fingerprint density at radius 2 is 2.30 bits per heavy atom. The summed E-state index contributed by atoms with van der Waals surface area (Å²) < 4.78 is 7.32. The van der Waals surface area contributed by atoms with Gasteiger partial charge in [-0.25, -0.2) is 4.98 Å². The van der Waals surface area contributed by atoms with Gasteiger partial charge in [0.15, 0.2) is 0 Å². The monoisotopic (exact) mass is 314 g/mol. The van der Waals surface area contributed by atoms with Crippen LogP contribution in [0.5, 0.6) is 5.88 Å². The van der Waals surface area contributed by atoms with Crippen molar-refractivity contribution in [3.8, 4) is 5.88 Å². The van der Waals surface area contributed by atoms with E-state index in [1.165, 1.54) is 0 Å². The van der Waals surface area contributed by atoms with Crippen LogP contribution in [0.25, 0.3) is 0 Å². The molecule has 1 fully saturated rings. The van der Waals surface area contributed by atoms with E-state index in [2.05, 4.69) is 14.9 Å². The third-order valence-electron chi connectivity index (χ3n) is 4.18. The first-order chi connectivity index (χ1) is 11.2. The summed E-state index contributed by atoms with van der Waals surface area (Å²) in [5.74, 6) is 1.06. The summed E-state index contributed by atoms with van der Waals surface area (Å²) in [6.45, 7) is 3.52. The van der Waals surface area contributed by atoms with Crippen molar-refractivity contribution in [2.75, 3.05) is 19.7 Å². The van der Waals surface area contributed by atoms with Crippen molar-refractivity contribution in [3.63, 3.8) is 0 Å². The zero-order chi connectivity index (χ0) is 16.1. The molecule has 2 aromatic rings. The van der Waals surface area contributed by atoms with E-state index in [0.29, 0.717) is 18.4 Å². The van der Waals surface area contributed by atoms with Crippen molar-refractivity contribution >= 4 is 0 Å². The first-order valence-electron chi connectivity index (χ1n) is 7.97. The summed E-state index contributed by atoms with van der Waals surface area (Å²) in [5.41, 5.74) is 1.12. The Labute approximate surface area is 135 Å². The summed E-state index contributed by atoms with van der Waals surface area (Å²) >= 11 is 0. The zero-order valence-electron chi connectivity index (χ0n) is 13.4. The fourth-order valence-corrected chi connectivity index (χ4v) is 2.94. The van der Waals surface area contributed by atoms with Gasteiger partial charge in [-0.05, 0) is 31.0 Å². The van der Waals surface area contributed by atoms with Crippen molar-refractivity contribution < 1.29 is 4.74 Å². The molecule has 0 radical (unpaired) electrons. The molecule has 23 heavy (non-hydrogen) atoms. The molecule has 0 aliphatic carbocycles. The fourth-order valence-electron chi connectivity index (χ4n) is 2.94. The van der Waals surface area contributed by atoms with Gasteiger partial charge in [0.05, 0.1) is 12.8 Å². The molecule has 1 saturated heterocycles. The zero-order valence-corrected chi connectivity index (χ0v) is 13.4. The maximum atomic E-state index is 11.7. The van der Waals surface area contributed by atoms with Gasteiger partial charge in [-0.1, -0.05) is 0 Å². The average molecular weight is 314 g/mol. The first kappa shape index (κ1) is 15.7. The number of ether oxygens (including phenoxy) is 1. The quantitative estimate of drug-likeness (QED) is 0.836. The molecule has 0 N–H and O–H groups in total. The Bertz CT molecular complexity index is 686.